The third-order valence-electron chi connectivity index (χ3n) is 4.57. The van der Waals surface area contributed by atoms with Gasteiger partial charge in [-0.2, -0.15) is 4.31 Å². The molecule has 1 saturated heterocycles. The maximum Gasteiger partial charge on any atom is 0.243 e. The number of hydrogen-bond acceptors (Lipinski definition) is 5. The van der Waals surface area contributed by atoms with Gasteiger partial charge in [-0.1, -0.05) is 0 Å². The lowest BCUT2D eigenvalue weighted by Gasteiger charge is -2.37. The van der Waals surface area contributed by atoms with Crippen molar-refractivity contribution in [2.24, 2.45) is 5.14 Å². The number of hydrogen-bond donors (Lipinski definition) is 1. The molecule has 0 spiro atoms. The minimum Gasteiger partial charge on any atom is -0.301 e. The molecule has 1 aromatic carbocycles. The average Bonchev–Trinajstić information content (AvgIpc) is 2.53. The summed E-state index contributed by atoms with van der Waals surface area (Å²) < 4.78 is 49.4. The van der Waals surface area contributed by atoms with Crippen molar-refractivity contribution < 1.29 is 16.8 Å². The van der Waals surface area contributed by atoms with Crippen molar-refractivity contribution >= 4 is 20.0 Å². The van der Waals surface area contributed by atoms with Crippen molar-refractivity contribution in [3.63, 3.8) is 0 Å². The van der Waals surface area contributed by atoms with E-state index < -0.39 is 20.0 Å². The molecule has 0 saturated carbocycles. The van der Waals surface area contributed by atoms with Gasteiger partial charge in [0.2, 0.25) is 20.0 Å². The van der Waals surface area contributed by atoms with Crippen LogP contribution in [0.1, 0.15) is 26.7 Å². The molecule has 0 aromatic heterocycles. The molecule has 24 heavy (non-hydrogen) atoms. The summed E-state index contributed by atoms with van der Waals surface area (Å²) in [5.41, 5.74) is 0. The van der Waals surface area contributed by atoms with Gasteiger partial charge in [0.05, 0.1) is 9.79 Å². The average molecular weight is 376 g/mol. The first-order valence-corrected chi connectivity index (χ1v) is 10.9. The van der Waals surface area contributed by atoms with Crippen molar-refractivity contribution in [3.8, 4) is 0 Å². The molecule has 0 amide bonds. The van der Waals surface area contributed by atoms with Crippen LogP contribution < -0.4 is 5.14 Å². The predicted octanol–water partition coefficient (Wildman–Crippen LogP) is 0.827. The zero-order valence-corrected chi connectivity index (χ0v) is 15.8. The van der Waals surface area contributed by atoms with Crippen LogP contribution in [-0.4, -0.2) is 58.3 Å². The van der Waals surface area contributed by atoms with E-state index in [-0.39, 0.29) is 15.8 Å². The fourth-order valence-corrected chi connectivity index (χ4v) is 4.86. The number of primary sulfonamides is 1. The summed E-state index contributed by atoms with van der Waals surface area (Å²) in [6.07, 6.45) is 1.56. The van der Waals surface area contributed by atoms with Crippen LogP contribution in [0.4, 0.5) is 0 Å². The summed E-state index contributed by atoms with van der Waals surface area (Å²) >= 11 is 0. The third kappa shape index (κ3) is 4.15. The van der Waals surface area contributed by atoms with Crippen LogP contribution in [0, 0.1) is 0 Å². The standard InChI is InChI=1S/C15H25N3O4S2/c1-12(2)18-10-8-13(9-11-18)17(3)24(21,22)15-6-4-14(5-7-15)23(16,19)20/h4-7,12-13H,8-11H2,1-3H3,(H2,16,19,20). The van der Waals surface area contributed by atoms with Gasteiger partial charge in [0.15, 0.2) is 0 Å². The predicted molar refractivity (Wildman–Crippen MR) is 92.5 cm³/mol. The maximum absolute atomic E-state index is 12.7. The van der Waals surface area contributed by atoms with Crippen LogP contribution in [0.15, 0.2) is 34.1 Å². The molecule has 2 rings (SSSR count). The highest BCUT2D eigenvalue weighted by atomic mass is 32.2. The fourth-order valence-electron chi connectivity index (χ4n) is 2.93. The molecule has 0 radical (unpaired) electrons. The summed E-state index contributed by atoms with van der Waals surface area (Å²) in [6.45, 7) is 6.00. The lowest BCUT2D eigenvalue weighted by molar-refractivity contribution is 0.140. The van der Waals surface area contributed by atoms with Gasteiger partial charge in [-0.05, 0) is 64.0 Å². The van der Waals surface area contributed by atoms with Gasteiger partial charge in [-0.25, -0.2) is 22.0 Å². The minimum atomic E-state index is -3.83. The van der Waals surface area contributed by atoms with E-state index >= 15 is 0 Å². The Morgan fingerprint density at radius 1 is 1.04 bits per heavy atom. The van der Waals surface area contributed by atoms with Crippen molar-refractivity contribution in [2.45, 2.75) is 48.6 Å². The van der Waals surface area contributed by atoms with Crippen LogP contribution in [-0.2, 0) is 20.0 Å². The fraction of sp³-hybridized carbons (Fsp3) is 0.600. The Labute approximate surface area is 144 Å². The number of sulfonamides is 2. The second-order valence-corrected chi connectivity index (χ2v) is 9.96. The zero-order chi connectivity index (χ0) is 18.1. The minimum absolute atomic E-state index is 0.0529. The molecule has 2 N–H and O–H groups in total. The number of piperidine rings is 1. The van der Waals surface area contributed by atoms with E-state index in [4.69, 9.17) is 5.14 Å². The Balaban J connectivity index is 2.15. The molecular weight excluding hydrogens is 350 g/mol. The normalized spacial score (nSPS) is 18.4. The van der Waals surface area contributed by atoms with Crippen molar-refractivity contribution in [1.82, 2.24) is 9.21 Å². The van der Waals surface area contributed by atoms with Gasteiger partial charge in [0, 0.05) is 19.1 Å². The lowest BCUT2D eigenvalue weighted by Crippen LogP contribution is -2.47. The second kappa shape index (κ2) is 7.09. The highest BCUT2D eigenvalue weighted by Crippen LogP contribution is 2.24. The summed E-state index contributed by atoms with van der Waals surface area (Å²) in [4.78, 5) is 2.30. The summed E-state index contributed by atoms with van der Waals surface area (Å²) in [7, 11) is -5.91. The van der Waals surface area contributed by atoms with E-state index in [0.717, 1.165) is 25.9 Å². The molecule has 1 aromatic rings. The van der Waals surface area contributed by atoms with Gasteiger partial charge < -0.3 is 4.90 Å². The SMILES string of the molecule is CC(C)N1CCC(N(C)S(=O)(=O)c2ccc(S(N)(=O)=O)cc2)CC1. The first kappa shape index (κ1) is 19.3. The van der Waals surface area contributed by atoms with Crippen molar-refractivity contribution in [1.29, 1.82) is 0 Å². The molecule has 1 heterocycles. The van der Waals surface area contributed by atoms with Gasteiger partial charge >= 0.3 is 0 Å². The highest BCUT2D eigenvalue weighted by Gasteiger charge is 2.31. The van der Waals surface area contributed by atoms with E-state index in [1.807, 2.05) is 0 Å². The second-order valence-electron chi connectivity index (χ2n) is 6.40. The largest absolute Gasteiger partial charge is 0.301 e. The van der Waals surface area contributed by atoms with Crippen LogP contribution >= 0.6 is 0 Å². The Bertz CT molecular complexity index is 765. The number of nitrogens with two attached hydrogens (primary N) is 1. The van der Waals surface area contributed by atoms with E-state index in [9.17, 15) is 16.8 Å². The smallest absolute Gasteiger partial charge is 0.243 e. The van der Waals surface area contributed by atoms with Gasteiger partial charge in [-0.3, -0.25) is 0 Å². The van der Waals surface area contributed by atoms with Crippen LogP contribution in [0.25, 0.3) is 0 Å². The highest BCUT2D eigenvalue weighted by molar-refractivity contribution is 7.89. The molecule has 1 aliphatic heterocycles. The van der Waals surface area contributed by atoms with Crippen LogP contribution in [0.2, 0.25) is 0 Å². The van der Waals surface area contributed by atoms with Crippen molar-refractivity contribution in [2.75, 3.05) is 20.1 Å². The van der Waals surface area contributed by atoms with E-state index in [1.54, 1.807) is 7.05 Å². The molecule has 136 valence electrons. The number of benzene rings is 1. The number of nitrogens with zero attached hydrogens (tertiary/aromatic N) is 2. The molecule has 0 unspecified atom stereocenters. The number of rotatable bonds is 5. The molecular formula is C15H25N3O4S2. The monoisotopic (exact) mass is 375 g/mol. The Morgan fingerprint density at radius 2 is 1.50 bits per heavy atom. The topological polar surface area (TPSA) is 101 Å². The molecule has 9 heteroatoms. The lowest BCUT2D eigenvalue weighted by atomic mass is 10.0. The first-order valence-electron chi connectivity index (χ1n) is 7.88. The molecule has 0 bridgehead atoms. The van der Waals surface area contributed by atoms with Gasteiger partial charge in [0.1, 0.15) is 0 Å². The molecule has 1 fully saturated rings. The Kier molecular flexibility index (Phi) is 5.71. The Morgan fingerprint density at radius 3 is 1.92 bits per heavy atom. The maximum atomic E-state index is 12.7. The summed E-state index contributed by atoms with van der Waals surface area (Å²) in [5, 5.41) is 5.04. The van der Waals surface area contributed by atoms with E-state index in [1.165, 1.54) is 28.6 Å². The summed E-state index contributed by atoms with van der Waals surface area (Å²) in [5.74, 6) is 0. The van der Waals surface area contributed by atoms with Gasteiger partial charge in [-0.15, -0.1) is 0 Å². The van der Waals surface area contributed by atoms with Crippen LogP contribution in [0.3, 0.4) is 0 Å². The Hall–Kier alpha value is -1.00. The molecule has 0 atom stereocenters. The molecule has 0 aliphatic carbocycles. The number of likely N-dealkylation sites (tertiary alicyclic amines) is 1. The quantitative estimate of drug-likeness (QED) is 0.821. The summed E-state index contributed by atoms with van der Waals surface area (Å²) in [6, 6.07) is 5.42. The van der Waals surface area contributed by atoms with E-state index in [2.05, 4.69) is 18.7 Å². The molecule has 1 aliphatic rings. The third-order valence-corrected chi connectivity index (χ3v) is 7.43. The first-order chi connectivity index (χ1) is 11.0. The molecule has 7 nitrogen and oxygen atoms in total. The van der Waals surface area contributed by atoms with E-state index in [0.29, 0.717) is 6.04 Å². The van der Waals surface area contributed by atoms with Crippen molar-refractivity contribution in [3.05, 3.63) is 24.3 Å². The zero-order valence-electron chi connectivity index (χ0n) is 14.2. The van der Waals surface area contributed by atoms with Crippen LogP contribution in [0.5, 0.6) is 0 Å². The van der Waals surface area contributed by atoms with Gasteiger partial charge in [0.25, 0.3) is 0 Å².